The maximum atomic E-state index is 12.4. The summed E-state index contributed by atoms with van der Waals surface area (Å²) >= 11 is 1.20. The average Bonchev–Trinajstić information content (AvgIpc) is 3.18. The maximum Gasteiger partial charge on any atom is 0.276 e. The van der Waals surface area contributed by atoms with Gasteiger partial charge in [-0.1, -0.05) is 11.2 Å². The van der Waals surface area contributed by atoms with E-state index in [1.54, 1.807) is 35.4 Å². The molecule has 1 saturated heterocycles. The highest BCUT2D eigenvalue weighted by molar-refractivity contribution is 7.91. The summed E-state index contributed by atoms with van der Waals surface area (Å²) in [5.41, 5.74) is 0.257. The smallest absolute Gasteiger partial charge is 0.276 e. The van der Waals surface area contributed by atoms with Gasteiger partial charge in [-0.3, -0.25) is 4.79 Å². The van der Waals surface area contributed by atoms with Crippen LogP contribution in [0, 0.1) is 6.92 Å². The number of aromatic nitrogens is 1. The van der Waals surface area contributed by atoms with Gasteiger partial charge in [-0.2, -0.15) is 4.31 Å². The summed E-state index contributed by atoms with van der Waals surface area (Å²) in [6, 6.07) is 4.89. The molecule has 0 atom stereocenters. The number of aryl methyl sites for hydroxylation is 1. The molecule has 2 aromatic heterocycles. The number of hydrogen-bond donors (Lipinski definition) is 0. The van der Waals surface area contributed by atoms with Gasteiger partial charge in [0, 0.05) is 32.2 Å². The van der Waals surface area contributed by atoms with Crippen molar-refractivity contribution in [2.24, 2.45) is 0 Å². The molecular weight excluding hydrogens is 326 g/mol. The van der Waals surface area contributed by atoms with E-state index >= 15 is 0 Å². The van der Waals surface area contributed by atoms with E-state index in [1.165, 1.54) is 15.6 Å². The number of thiophene rings is 1. The second-order valence-corrected chi connectivity index (χ2v) is 8.06. The molecule has 3 heterocycles. The molecule has 0 spiro atoms. The summed E-state index contributed by atoms with van der Waals surface area (Å²) in [4.78, 5) is 13.8. The van der Waals surface area contributed by atoms with Crippen LogP contribution in [0.1, 0.15) is 16.2 Å². The zero-order valence-electron chi connectivity index (χ0n) is 11.9. The van der Waals surface area contributed by atoms with Gasteiger partial charge < -0.3 is 9.42 Å². The molecule has 0 bridgehead atoms. The average molecular weight is 341 g/mol. The summed E-state index contributed by atoms with van der Waals surface area (Å²) in [5, 5.41) is 5.44. The Bertz CT molecular complexity index is 759. The Morgan fingerprint density at radius 1 is 1.32 bits per heavy atom. The highest BCUT2D eigenvalue weighted by Gasteiger charge is 2.31. The standard InChI is InChI=1S/C13H15N3O4S2/c1-10-9-11(14-20-10)13(17)15-4-6-16(7-5-15)22(18,19)12-3-2-8-21-12/h2-3,8-9H,4-7H2,1H3. The lowest BCUT2D eigenvalue weighted by atomic mass is 10.3. The van der Waals surface area contributed by atoms with Crippen molar-refractivity contribution in [2.75, 3.05) is 26.2 Å². The fraction of sp³-hybridized carbons (Fsp3) is 0.385. The van der Waals surface area contributed by atoms with Gasteiger partial charge in [0.15, 0.2) is 5.69 Å². The zero-order chi connectivity index (χ0) is 15.7. The monoisotopic (exact) mass is 341 g/mol. The molecule has 0 aromatic carbocycles. The fourth-order valence-electron chi connectivity index (χ4n) is 2.30. The van der Waals surface area contributed by atoms with Crippen LogP contribution in [0.3, 0.4) is 0 Å². The lowest BCUT2D eigenvalue weighted by molar-refractivity contribution is 0.0687. The fourth-order valence-corrected chi connectivity index (χ4v) is 4.86. The lowest BCUT2D eigenvalue weighted by Crippen LogP contribution is -2.50. The van der Waals surface area contributed by atoms with Crippen LogP contribution in [0.2, 0.25) is 0 Å². The molecule has 3 rings (SSSR count). The quantitative estimate of drug-likeness (QED) is 0.837. The number of amides is 1. The molecule has 9 heteroatoms. The first-order chi connectivity index (χ1) is 10.5. The van der Waals surface area contributed by atoms with E-state index in [4.69, 9.17) is 4.52 Å². The summed E-state index contributed by atoms with van der Waals surface area (Å²) < 4.78 is 31.5. The van der Waals surface area contributed by atoms with Gasteiger partial charge >= 0.3 is 0 Å². The number of carbonyl (C=O) groups excluding carboxylic acids is 1. The van der Waals surface area contributed by atoms with E-state index in [0.717, 1.165) is 0 Å². The second-order valence-electron chi connectivity index (χ2n) is 4.95. The third-order valence-corrected chi connectivity index (χ3v) is 6.73. The second kappa shape index (κ2) is 5.82. The van der Waals surface area contributed by atoms with Gasteiger partial charge in [-0.15, -0.1) is 11.3 Å². The zero-order valence-corrected chi connectivity index (χ0v) is 13.6. The van der Waals surface area contributed by atoms with Crippen LogP contribution in [0.4, 0.5) is 0 Å². The number of nitrogens with zero attached hydrogens (tertiary/aromatic N) is 3. The Balaban J connectivity index is 1.67. The lowest BCUT2D eigenvalue weighted by Gasteiger charge is -2.33. The van der Waals surface area contributed by atoms with E-state index in [1.807, 2.05) is 0 Å². The van der Waals surface area contributed by atoms with Crippen molar-refractivity contribution < 1.29 is 17.7 Å². The number of hydrogen-bond acceptors (Lipinski definition) is 6. The molecule has 1 fully saturated rings. The predicted molar refractivity (Wildman–Crippen MR) is 80.2 cm³/mol. The Labute approximate surface area is 132 Å². The van der Waals surface area contributed by atoms with E-state index in [2.05, 4.69) is 5.16 Å². The van der Waals surface area contributed by atoms with Crippen LogP contribution >= 0.6 is 11.3 Å². The Morgan fingerprint density at radius 3 is 2.59 bits per heavy atom. The van der Waals surface area contributed by atoms with Gasteiger partial charge in [0.2, 0.25) is 0 Å². The molecular formula is C13H15N3O4S2. The first-order valence-corrected chi connectivity index (χ1v) is 9.07. The van der Waals surface area contributed by atoms with Crippen molar-refractivity contribution in [3.05, 3.63) is 35.0 Å². The van der Waals surface area contributed by atoms with Crippen LogP contribution in [0.25, 0.3) is 0 Å². The Kier molecular flexibility index (Phi) is 4.02. The van der Waals surface area contributed by atoms with E-state index in [-0.39, 0.29) is 24.7 Å². The molecule has 0 saturated carbocycles. The molecule has 22 heavy (non-hydrogen) atoms. The van der Waals surface area contributed by atoms with Crippen molar-refractivity contribution in [1.29, 1.82) is 0 Å². The molecule has 1 aliphatic rings. The van der Waals surface area contributed by atoms with Crippen LogP contribution < -0.4 is 0 Å². The molecule has 0 N–H and O–H groups in total. The Morgan fingerprint density at radius 2 is 2.05 bits per heavy atom. The molecule has 0 aliphatic carbocycles. The number of piperazine rings is 1. The number of rotatable bonds is 3. The highest BCUT2D eigenvalue weighted by atomic mass is 32.2. The molecule has 7 nitrogen and oxygen atoms in total. The molecule has 2 aromatic rings. The molecule has 0 radical (unpaired) electrons. The topological polar surface area (TPSA) is 83.7 Å². The third kappa shape index (κ3) is 2.79. The van der Waals surface area contributed by atoms with Gasteiger partial charge in [0.05, 0.1) is 0 Å². The van der Waals surface area contributed by atoms with E-state index in [0.29, 0.717) is 23.1 Å². The van der Waals surface area contributed by atoms with Crippen LogP contribution in [-0.4, -0.2) is 54.9 Å². The minimum absolute atomic E-state index is 0.231. The summed E-state index contributed by atoms with van der Waals surface area (Å²) in [6.07, 6.45) is 0. The van der Waals surface area contributed by atoms with Crippen LogP contribution in [0.5, 0.6) is 0 Å². The Hall–Kier alpha value is -1.71. The van der Waals surface area contributed by atoms with Crippen molar-refractivity contribution in [2.45, 2.75) is 11.1 Å². The number of carbonyl (C=O) groups is 1. The first-order valence-electron chi connectivity index (χ1n) is 6.75. The summed E-state index contributed by atoms with van der Waals surface area (Å²) in [5.74, 6) is 0.340. The summed E-state index contributed by atoms with van der Waals surface area (Å²) in [6.45, 7) is 2.96. The minimum atomic E-state index is -3.45. The molecule has 1 amide bonds. The molecule has 1 aliphatic heterocycles. The maximum absolute atomic E-state index is 12.4. The normalized spacial score (nSPS) is 16.9. The molecule has 118 valence electrons. The first kappa shape index (κ1) is 15.2. The van der Waals surface area contributed by atoms with Gasteiger partial charge in [0.25, 0.3) is 15.9 Å². The van der Waals surface area contributed by atoms with E-state index in [9.17, 15) is 13.2 Å². The van der Waals surface area contributed by atoms with Gasteiger partial charge in [0.1, 0.15) is 9.97 Å². The minimum Gasteiger partial charge on any atom is -0.361 e. The van der Waals surface area contributed by atoms with Crippen molar-refractivity contribution in [1.82, 2.24) is 14.4 Å². The third-order valence-electron chi connectivity index (χ3n) is 3.46. The van der Waals surface area contributed by atoms with Crippen molar-refractivity contribution in [3.63, 3.8) is 0 Å². The summed E-state index contributed by atoms with van der Waals surface area (Å²) in [7, 11) is -3.45. The SMILES string of the molecule is Cc1cc(C(=O)N2CCN(S(=O)(=O)c3cccs3)CC2)no1. The van der Waals surface area contributed by atoms with E-state index < -0.39 is 10.0 Å². The predicted octanol–water partition coefficient (Wildman–Crippen LogP) is 1.19. The van der Waals surface area contributed by atoms with Crippen molar-refractivity contribution in [3.8, 4) is 0 Å². The van der Waals surface area contributed by atoms with Gasteiger partial charge in [-0.25, -0.2) is 8.42 Å². The molecule has 0 unspecified atom stereocenters. The van der Waals surface area contributed by atoms with Crippen LogP contribution in [-0.2, 0) is 10.0 Å². The largest absolute Gasteiger partial charge is 0.361 e. The van der Waals surface area contributed by atoms with Gasteiger partial charge in [-0.05, 0) is 18.4 Å². The van der Waals surface area contributed by atoms with Crippen molar-refractivity contribution >= 4 is 27.3 Å². The van der Waals surface area contributed by atoms with Crippen LogP contribution in [0.15, 0.2) is 32.3 Å². The highest BCUT2D eigenvalue weighted by Crippen LogP contribution is 2.22. The number of sulfonamides is 1.